The van der Waals surface area contributed by atoms with Gasteiger partial charge in [-0.15, -0.1) is 0 Å². The summed E-state index contributed by atoms with van der Waals surface area (Å²) in [6.45, 7) is 3.05. The molecule has 4 heteroatoms. The molecule has 0 bridgehead atoms. The third-order valence-electron chi connectivity index (χ3n) is 3.24. The first-order valence-electron chi connectivity index (χ1n) is 6.74. The molecule has 0 aliphatic carbocycles. The number of nitrogens with one attached hydrogen (secondary N) is 1. The zero-order valence-corrected chi connectivity index (χ0v) is 12.2. The van der Waals surface area contributed by atoms with Gasteiger partial charge >= 0.3 is 0 Å². The number of hydrogen-bond donors (Lipinski definition) is 1. The highest BCUT2D eigenvalue weighted by Gasteiger charge is 2.15. The van der Waals surface area contributed by atoms with Gasteiger partial charge in [-0.25, -0.2) is 4.68 Å². The summed E-state index contributed by atoms with van der Waals surface area (Å²) < 4.78 is 1.92. The van der Waals surface area contributed by atoms with Crippen molar-refractivity contribution in [1.82, 2.24) is 15.1 Å². The highest BCUT2D eigenvalue weighted by molar-refractivity contribution is 7.08. The average Bonchev–Trinajstić information content (AvgIpc) is 3.17. The zero-order valence-electron chi connectivity index (χ0n) is 11.4. The molecule has 0 spiro atoms. The number of hydrogen-bond acceptors (Lipinski definition) is 3. The molecule has 0 aliphatic rings. The molecular formula is C16H17N3S. The third kappa shape index (κ3) is 2.66. The van der Waals surface area contributed by atoms with Gasteiger partial charge in [0.05, 0.1) is 17.9 Å². The average molecular weight is 283 g/mol. The zero-order chi connectivity index (χ0) is 13.8. The second-order valence-electron chi connectivity index (χ2n) is 4.60. The maximum Gasteiger partial charge on any atom is 0.0645 e. The highest BCUT2D eigenvalue weighted by atomic mass is 32.1. The van der Waals surface area contributed by atoms with Gasteiger partial charge in [0.2, 0.25) is 0 Å². The van der Waals surface area contributed by atoms with Gasteiger partial charge in [-0.05, 0) is 41.1 Å². The molecule has 0 amide bonds. The molecule has 1 unspecified atom stereocenters. The minimum absolute atomic E-state index is 0.212. The summed E-state index contributed by atoms with van der Waals surface area (Å²) in [5.74, 6) is 0. The van der Waals surface area contributed by atoms with Crippen molar-refractivity contribution in [3.63, 3.8) is 0 Å². The molecular weight excluding hydrogens is 266 g/mol. The summed E-state index contributed by atoms with van der Waals surface area (Å²) in [6, 6.07) is 12.6. The second kappa shape index (κ2) is 6.03. The second-order valence-corrected chi connectivity index (χ2v) is 5.38. The maximum atomic E-state index is 4.48. The molecule has 1 atom stereocenters. The lowest BCUT2D eigenvalue weighted by atomic mass is 10.1. The lowest BCUT2D eigenvalue weighted by molar-refractivity contribution is 0.632. The minimum Gasteiger partial charge on any atom is -0.306 e. The smallest absolute Gasteiger partial charge is 0.0645 e. The Morgan fingerprint density at radius 1 is 1.20 bits per heavy atom. The largest absolute Gasteiger partial charge is 0.306 e. The fourth-order valence-corrected chi connectivity index (χ4v) is 2.97. The van der Waals surface area contributed by atoms with Gasteiger partial charge in [0.1, 0.15) is 0 Å². The Hall–Kier alpha value is -1.91. The Morgan fingerprint density at radius 3 is 2.75 bits per heavy atom. The maximum absolute atomic E-state index is 4.48. The van der Waals surface area contributed by atoms with Crippen molar-refractivity contribution in [2.45, 2.75) is 13.0 Å². The van der Waals surface area contributed by atoms with Crippen LogP contribution in [-0.2, 0) is 0 Å². The number of thiophene rings is 1. The van der Waals surface area contributed by atoms with Crippen molar-refractivity contribution in [2.24, 2.45) is 0 Å². The van der Waals surface area contributed by atoms with Crippen molar-refractivity contribution < 1.29 is 0 Å². The summed E-state index contributed by atoms with van der Waals surface area (Å²) in [5.41, 5.74) is 3.57. The lowest BCUT2D eigenvalue weighted by Crippen LogP contribution is -2.21. The van der Waals surface area contributed by atoms with E-state index in [2.05, 4.69) is 52.5 Å². The molecule has 1 N–H and O–H groups in total. The van der Waals surface area contributed by atoms with Crippen molar-refractivity contribution in [3.8, 4) is 5.69 Å². The van der Waals surface area contributed by atoms with Crippen molar-refractivity contribution >= 4 is 11.3 Å². The third-order valence-corrected chi connectivity index (χ3v) is 3.94. The van der Waals surface area contributed by atoms with Gasteiger partial charge < -0.3 is 5.32 Å². The van der Waals surface area contributed by atoms with Crippen LogP contribution in [0.5, 0.6) is 0 Å². The van der Waals surface area contributed by atoms with Crippen LogP contribution in [-0.4, -0.2) is 16.3 Å². The lowest BCUT2D eigenvalue weighted by Gasteiger charge is -2.14. The topological polar surface area (TPSA) is 29.9 Å². The van der Waals surface area contributed by atoms with E-state index in [0.29, 0.717) is 0 Å². The summed E-state index contributed by atoms with van der Waals surface area (Å²) >= 11 is 1.72. The van der Waals surface area contributed by atoms with E-state index in [1.165, 1.54) is 11.1 Å². The number of rotatable bonds is 5. The van der Waals surface area contributed by atoms with Crippen LogP contribution in [0, 0.1) is 0 Å². The van der Waals surface area contributed by atoms with E-state index in [0.717, 1.165) is 12.2 Å². The molecule has 0 saturated heterocycles. The molecule has 2 heterocycles. The monoisotopic (exact) mass is 283 g/mol. The molecule has 2 aromatic heterocycles. The van der Waals surface area contributed by atoms with Gasteiger partial charge in [-0.3, -0.25) is 0 Å². The first kappa shape index (κ1) is 13.1. The molecule has 3 nitrogen and oxygen atoms in total. The first-order valence-corrected chi connectivity index (χ1v) is 7.68. The van der Waals surface area contributed by atoms with Crippen LogP contribution in [0.1, 0.15) is 24.1 Å². The van der Waals surface area contributed by atoms with E-state index in [1.54, 1.807) is 11.3 Å². The quantitative estimate of drug-likeness (QED) is 0.775. The Labute approximate surface area is 122 Å². The van der Waals surface area contributed by atoms with Crippen LogP contribution < -0.4 is 5.32 Å². The molecule has 0 radical (unpaired) electrons. The normalized spacial score (nSPS) is 12.4. The number of para-hydroxylation sites is 1. The van der Waals surface area contributed by atoms with E-state index < -0.39 is 0 Å². The Bertz CT molecular complexity index is 643. The van der Waals surface area contributed by atoms with E-state index in [-0.39, 0.29) is 6.04 Å². The fraction of sp³-hybridized carbons (Fsp3) is 0.188. The number of nitrogens with zero attached hydrogens (tertiary/aromatic N) is 2. The van der Waals surface area contributed by atoms with Crippen molar-refractivity contribution in [2.75, 3.05) is 6.54 Å². The van der Waals surface area contributed by atoms with Crippen LogP contribution in [0.3, 0.4) is 0 Å². The predicted molar refractivity (Wildman–Crippen MR) is 83.4 cm³/mol. The summed E-state index contributed by atoms with van der Waals surface area (Å²) in [6.07, 6.45) is 4.04. The molecule has 1 aromatic carbocycles. The minimum atomic E-state index is 0.212. The first-order chi connectivity index (χ1) is 9.88. The number of aromatic nitrogens is 2. The van der Waals surface area contributed by atoms with Gasteiger partial charge in [0.15, 0.2) is 0 Å². The van der Waals surface area contributed by atoms with Crippen LogP contribution in [0.15, 0.2) is 59.6 Å². The van der Waals surface area contributed by atoms with Crippen molar-refractivity contribution in [3.05, 3.63) is 70.7 Å². The summed E-state index contributed by atoms with van der Waals surface area (Å²) in [5, 5.41) is 12.3. The summed E-state index contributed by atoms with van der Waals surface area (Å²) in [4.78, 5) is 0. The van der Waals surface area contributed by atoms with Crippen LogP contribution >= 0.6 is 11.3 Å². The van der Waals surface area contributed by atoms with E-state index >= 15 is 0 Å². The number of benzene rings is 1. The van der Waals surface area contributed by atoms with E-state index in [9.17, 15) is 0 Å². The van der Waals surface area contributed by atoms with Crippen LogP contribution in [0.4, 0.5) is 0 Å². The van der Waals surface area contributed by atoms with Crippen LogP contribution in [0.2, 0.25) is 0 Å². The summed E-state index contributed by atoms with van der Waals surface area (Å²) in [7, 11) is 0. The molecule has 3 aromatic rings. The Balaban J connectivity index is 1.91. The predicted octanol–water partition coefficient (Wildman–Crippen LogP) is 3.63. The fourth-order valence-electron chi connectivity index (χ4n) is 2.28. The molecule has 3 rings (SSSR count). The van der Waals surface area contributed by atoms with Gasteiger partial charge in [-0.1, -0.05) is 25.1 Å². The van der Waals surface area contributed by atoms with Crippen molar-refractivity contribution in [1.29, 1.82) is 0 Å². The van der Waals surface area contributed by atoms with E-state index in [1.807, 2.05) is 29.1 Å². The van der Waals surface area contributed by atoms with Gasteiger partial charge in [-0.2, -0.15) is 16.4 Å². The molecule has 0 saturated carbocycles. The molecule has 0 fully saturated rings. The molecule has 102 valence electrons. The Morgan fingerprint density at radius 2 is 2.05 bits per heavy atom. The molecule has 0 aliphatic heterocycles. The van der Waals surface area contributed by atoms with E-state index in [4.69, 9.17) is 0 Å². The van der Waals surface area contributed by atoms with Gasteiger partial charge in [0.25, 0.3) is 0 Å². The Kier molecular flexibility index (Phi) is 3.95. The molecule has 20 heavy (non-hydrogen) atoms. The highest BCUT2D eigenvalue weighted by Crippen LogP contribution is 2.24. The SMILES string of the molecule is CCNC(c1ccsc1)c1cnn(-c2ccccc2)c1. The standard InChI is InChI=1S/C16H17N3S/c1-2-17-16(13-8-9-20-12-13)14-10-18-19(11-14)15-6-4-3-5-7-15/h3-12,16-17H,2H2,1H3. The van der Waals surface area contributed by atoms with Gasteiger partial charge in [0, 0.05) is 11.8 Å². The van der Waals surface area contributed by atoms with Crippen LogP contribution in [0.25, 0.3) is 5.69 Å².